The first-order valence-corrected chi connectivity index (χ1v) is 11.7. The molecular formula is C19H16N4O7S2. The number of hydrogen-bond donors (Lipinski definition) is 1. The van der Waals surface area contributed by atoms with Crippen LogP contribution in [0.1, 0.15) is 15.9 Å². The standard InChI is InChI=1S/C19H16N4O7S2/c1-11-2-4-13(15(8-11)23(26)27)20-17(24)10-30-18(25)12-3-5-14-16(9-12)31-19-21-32(28,29)7-6-22(14)19/h2-5,8-9H,6-7,10H2,1H3,(H,20,24). The molecule has 0 aromatic heterocycles. The minimum absolute atomic E-state index is 0.00274. The molecule has 0 unspecified atom stereocenters. The highest BCUT2D eigenvalue weighted by Gasteiger charge is 2.33. The molecule has 2 aromatic carbocycles. The summed E-state index contributed by atoms with van der Waals surface area (Å²) in [5.41, 5.74) is 1.32. The van der Waals surface area contributed by atoms with Gasteiger partial charge in [-0.2, -0.15) is 0 Å². The first-order chi connectivity index (χ1) is 15.1. The molecule has 1 amide bonds. The van der Waals surface area contributed by atoms with Gasteiger partial charge in [0.05, 0.1) is 21.9 Å². The lowest BCUT2D eigenvalue weighted by atomic mass is 10.2. The molecule has 32 heavy (non-hydrogen) atoms. The van der Waals surface area contributed by atoms with E-state index >= 15 is 0 Å². The normalized spacial score (nSPS) is 15.9. The topological polar surface area (TPSA) is 148 Å². The molecule has 0 saturated carbocycles. The predicted molar refractivity (Wildman–Crippen MR) is 118 cm³/mol. The lowest BCUT2D eigenvalue weighted by Gasteiger charge is -2.22. The number of amidine groups is 1. The second kappa shape index (κ2) is 8.24. The number of benzene rings is 2. The lowest BCUT2D eigenvalue weighted by Crippen LogP contribution is -2.35. The van der Waals surface area contributed by atoms with E-state index in [1.165, 1.54) is 18.2 Å². The Morgan fingerprint density at radius 1 is 1.28 bits per heavy atom. The molecular weight excluding hydrogens is 460 g/mol. The maximum Gasteiger partial charge on any atom is 0.338 e. The van der Waals surface area contributed by atoms with Crippen LogP contribution in [0.25, 0.3) is 0 Å². The van der Waals surface area contributed by atoms with Crippen molar-refractivity contribution >= 4 is 55.9 Å². The minimum Gasteiger partial charge on any atom is -0.452 e. The Morgan fingerprint density at radius 2 is 2.06 bits per heavy atom. The molecule has 11 nitrogen and oxygen atoms in total. The molecule has 13 heteroatoms. The fraction of sp³-hybridized carbons (Fsp3) is 0.211. The van der Waals surface area contributed by atoms with Crippen LogP contribution in [-0.4, -0.2) is 49.3 Å². The number of anilines is 2. The second-order valence-electron chi connectivity index (χ2n) is 7.00. The van der Waals surface area contributed by atoms with Crippen LogP contribution in [0, 0.1) is 17.0 Å². The van der Waals surface area contributed by atoms with Crippen molar-refractivity contribution in [2.75, 3.05) is 29.1 Å². The van der Waals surface area contributed by atoms with Crippen molar-refractivity contribution in [2.24, 2.45) is 4.40 Å². The number of nitrogens with one attached hydrogen (secondary N) is 1. The molecule has 0 bridgehead atoms. The summed E-state index contributed by atoms with van der Waals surface area (Å²) < 4.78 is 32.2. The largest absolute Gasteiger partial charge is 0.452 e. The smallest absolute Gasteiger partial charge is 0.338 e. The molecule has 166 valence electrons. The number of nitrogens with zero attached hydrogens (tertiary/aromatic N) is 3. The van der Waals surface area contributed by atoms with Gasteiger partial charge in [0.2, 0.25) is 0 Å². The summed E-state index contributed by atoms with van der Waals surface area (Å²) in [4.78, 5) is 37.5. The van der Waals surface area contributed by atoms with Crippen LogP contribution in [-0.2, 0) is 19.6 Å². The van der Waals surface area contributed by atoms with Gasteiger partial charge in [-0.25, -0.2) is 13.2 Å². The van der Waals surface area contributed by atoms with Gasteiger partial charge < -0.3 is 15.0 Å². The number of nitro benzene ring substituents is 1. The quantitative estimate of drug-likeness (QED) is 0.390. The third-order valence-electron chi connectivity index (χ3n) is 4.67. The highest BCUT2D eigenvalue weighted by Crippen LogP contribution is 2.42. The van der Waals surface area contributed by atoms with E-state index < -0.39 is 33.4 Å². The molecule has 4 rings (SSSR count). The van der Waals surface area contributed by atoms with Crippen molar-refractivity contribution in [3.05, 3.63) is 57.6 Å². The van der Waals surface area contributed by atoms with Gasteiger partial charge in [-0.3, -0.25) is 14.9 Å². The van der Waals surface area contributed by atoms with Crippen molar-refractivity contribution < 1.29 is 27.7 Å². The number of aryl methyl sites for hydroxylation is 1. The number of amides is 1. The highest BCUT2D eigenvalue weighted by atomic mass is 32.2. The molecule has 2 aromatic rings. The summed E-state index contributed by atoms with van der Waals surface area (Å²) in [6.45, 7) is 1.33. The van der Waals surface area contributed by atoms with Gasteiger partial charge in [0.25, 0.3) is 21.6 Å². The molecule has 2 heterocycles. The Balaban J connectivity index is 1.41. The number of nitro groups is 1. The number of carbonyl (C=O) groups excluding carboxylic acids is 2. The van der Waals surface area contributed by atoms with Crippen molar-refractivity contribution in [3.63, 3.8) is 0 Å². The van der Waals surface area contributed by atoms with Crippen molar-refractivity contribution in [3.8, 4) is 0 Å². The summed E-state index contributed by atoms with van der Waals surface area (Å²) >= 11 is 1.13. The number of hydrogen-bond acceptors (Lipinski definition) is 9. The van der Waals surface area contributed by atoms with Gasteiger partial charge in [-0.1, -0.05) is 6.07 Å². The highest BCUT2D eigenvalue weighted by molar-refractivity contribution is 8.15. The molecule has 0 aliphatic carbocycles. The van der Waals surface area contributed by atoms with Gasteiger partial charge in [-0.15, -0.1) is 4.40 Å². The summed E-state index contributed by atoms with van der Waals surface area (Å²) in [7, 11) is -3.49. The van der Waals surface area contributed by atoms with E-state index in [1.807, 2.05) is 0 Å². The van der Waals surface area contributed by atoms with Crippen LogP contribution in [0.15, 0.2) is 45.7 Å². The Bertz CT molecular complexity index is 1290. The van der Waals surface area contributed by atoms with E-state index in [0.717, 1.165) is 17.4 Å². The number of ether oxygens (including phenoxy) is 1. The molecule has 0 fully saturated rings. The average molecular weight is 476 g/mol. The number of thioether (sulfide) groups is 1. The fourth-order valence-electron chi connectivity index (χ4n) is 3.16. The Morgan fingerprint density at radius 3 is 2.81 bits per heavy atom. The van der Waals surface area contributed by atoms with Gasteiger partial charge in [0.1, 0.15) is 5.69 Å². The summed E-state index contributed by atoms with van der Waals surface area (Å²) in [5, 5.41) is 13.8. The van der Waals surface area contributed by atoms with Gasteiger partial charge in [0, 0.05) is 17.5 Å². The van der Waals surface area contributed by atoms with Crippen LogP contribution in [0.2, 0.25) is 0 Å². The van der Waals surface area contributed by atoms with E-state index in [1.54, 1.807) is 30.0 Å². The van der Waals surface area contributed by atoms with Gasteiger partial charge >= 0.3 is 5.97 Å². The van der Waals surface area contributed by atoms with Crippen molar-refractivity contribution in [1.29, 1.82) is 0 Å². The number of fused-ring (bicyclic) bond motifs is 3. The zero-order valence-corrected chi connectivity index (χ0v) is 18.2. The first-order valence-electron chi connectivity index (χ1n) is 9.27. The Hall–Kier alpha value is -3.45. The maximum atomic E-state index is 12.4. The molecule has 0 radical (unpaired) electrons. The summed E-state index contributed by atoms with van der Waals surface area (Å²) in [6.07, 6.45) is 0. The third-order valence-corrected chi connectivity index (χ3v) is 6.97. The van der Waals surface area contributed by atoms with E-state index in [2.05, 4.69) is 9.71 Å². The van der Waals surface area contributed by atoms with Gasteiger partial charge in [-0.05, 0) is 48.5 Å². The Kier molecular flexibility index (Phi) is 5.60. The molecule has 2 aliphatic heterocycles. The SMILES string of the molecule is Cc1ccc(NC(=O)COC(=O)c2ccc3c(c2)SC2=NS(=O)(=O)CCN23)c([N+](=O)[O-])c1. The second-order valence-corrected chi connectivity index (χ2v) is 9.76. The van der Waals surface area contributed by atoms with Crippen LogP contribution in [0.5, 0.6) is 0 Å². The number of carbonyl (C=O) groups is 2. The molecule has 0 saturated heterocycles. The first kappa shape index (κ1) is 21.8. The van der Waals surface area contributed by atoms with Gasteiger partial charge in [0.15, 0.2) is 11.8 Å². The zero-order valence-electron chi connectivity index (χ0n) is 16.6. The Labute approximate surface area is 186 Å². The monoisotopic (exact) mass is 476 g/mol. The van der Waals surface area contributed by atoms with E-state index in [9.17, 15) is 28.1 Å². The van der Waals surface area contributed by atoms with Crippen LogP contribution in [0.4, 0.5) is 17.1 Å². The average Bonchev–Trinajstić information content (AvgIpc) is 3.08. The molecule has 0 atom stereocenters. The molecule has 2 aliphatic rings. The number of esters is 1. The lowest BCUT2D eigenvalue weighted by molar-refractivity contribution is -0.384. The van der Waals surface area contributed by atoms with E-state index in [-0.39, 0.29) is 29.2 Å². The van der Waals surface area contributed by atoms with Crippen LogP contribution in [0.3, 0.4) is 0 Å². The third kappa shape index (κ3) is 4.43. The van der Waals surface area contributed by atoms with E-state index in [0.29, 0.717) is 15.6 Å². The number of rotatable bonds is 5. The van der Waals surface area contributed by atoms with Crippen molar-refractivity contribution in [2.45, 2.75) is 11.8 Å². The van der Waals surface area contributed by atoms with Crippen LogP contribution >= 0.6 is 11.8 Å². The maximum absolute atomic E-state index is 12.4. The molecule has 0 spiro atoms. The zero-order chi connectivity index (χ0) is 23.0. The summed E-state index contributed by atoms with van der Waals surface area (Å²) in [5.74, 6) is -1.58. The minimum atomic E-state index is -3.49. The summed E-state index contributed by atoms with van der Waals surface area (Å²) in [6, 6.07) is 9.06. The van der Waals surface area contributed by atoms with Crippen molar-refractivity contribution in [1.82, 2.24) is 0 Å². The fourth-order valence-corrected chi connectivity index (χ4v) is 5.45. The predicted octanol–water partition coefficient (Wildman–Crippen LogP) is 2.31. The molecule has 1 N–H and O–H groups in total. The number of sulfonamides is 1. The van der Waals surface area contributed by atoms with E-state index in [4.69, 9.17) is 4.74 Å². The van der Waals surface area contributed by atoms with Crippen LogP contribution < -0.4 is 10.2 Å².